The van der Waals surface area contributed by atoms with Gasteiger partial charge in [0, 0.05) is 23.0 Å². The van der Waals surface area contributed by atoms with Crippen molar-refractivity contribution in [2.24, 2.45) is 0 Å². The van der Waals surface area contributed by atoms with Gasteiger partial charge in [-0.15, -0.1) is 11.8 Å². The standard InChI is InChI=1S/C23H21ClN2O5S/c1-29-21-13-16(12-17(14-25)23(28)26-8-10-30-11-9-26)2-7-20(21)31-22(27)15-32-19-5-3-18(24)4-6-19/h2-7,12-13H,8-11,15H2,1H3/b17-12+. The molecule has 1 amide bonds. The van der Waals surface area contributed by atoms with Crippen LogP contribution >= 0.6 is 23.4 Å². The summed E-state index contributed by atoms with van der Waals surface area (Å²) >= 11 is 7.19. The molecule has 0 saturated carbocycles. The van der Waals surface area contributed by atoms with Crippen LogP contribution in [0, 0.1) is 11.3 Å². The lowest BCUT2D eigenvalue weighted by Gasteiger charge is -2.26. The molecule has 1 aliphatic rings. The minimum atomic E-state index is -0.438. The van der Waals surface area contributed by atoms with Gasteiger partial charge < -0.3 is 19.1 Å². The molecule has 0 atom stereocenters. The number of morpholine rings is 1. The Labute approximate surface area is 195 Å². The molecule has 9 heteroatoms. The molecule has 1 heterocycles. The van der Waals surface area contributed by atoms with Crippen LogP contribution in [0.5, 0.6) is 11.5 Å². The van der Waals surface area contributed by atoms with Crippen molar-refractivity contribution in [2.75, 3.05) is 39.2 Å². The summed E-state index contributed by atoms with van der Waals surface area (Å²) in [6.45, 7) is 1.80. The highest BCUT2D eigenvalue weighted by Crippen LogP contribution is 2.30. The number of hydrogen-bond acceptors (Lipinski definition) is 7. The van der Waals surface area contributed by atoms with Crippen molar-refractivity contribution in [3.8, 4) is 17.6 Å². The van der Waals surface area contributed by atoms with E-state index in [1.54, 1.807) is 35.2 Å². The van der Waals surface area contributed by atoms with Crippen LogP contribution in [0.25, 0.3) is 6.08 Å². The fraction of sp³-hybridized carbons (Fsp3) is 0.261. The molecule has 3 rings (SSSR count). The van der Waals surface area contributed by atoms with Crippen molar-refractivity contribution in [1.82, 2.24) is 4.90 Å². The smallest absolute Gasteiger partial charge is 0.321 e. The minimum absolute atomic E-state index is 0.0121. The lowest BCUT2D eigenvalue weighted by Crippen LogP contribution is -2.41. The summed E-state index contributed by atoms with van der Waals surface area (Å²) in [5.41, 5.74) is 0.591. The molecule has 2 aromatic rings. The van der Waals surface area contributed by atoms with E-state index >= 15 is 0 Å². The van der Waals surface area contributed by atoms with Crippen LogP contribution in [-0.4, -0.2) is 55.9 Å². The number of carbonyl (C=O) groups is 2. The fourth-order valence-electron chi connectivity index (χ4n) is 2.93. The van der Waals surface area contributed by atoms with Crippen molar-refractivity contribution in [3.63, 3.8) is 0 Å². The maximum absolute atomic E-state index is 12.6. The maximum Gasteiger partial charge on any atom is 0.321 e. The summed E-state index contributed by atoms with van der Waals surface area (Å²) in [4.78, 5) is 27.3. The zero-order valence-corrected chi connectivity index (χ0v) is 18.9. The van der Waals surface area contributed by atoms with Gasteiger partial charge in [0.15, 0.2) is 11.5 Å². The quantitative estimate of drug-likeness (QED) is 0.199. The Balaban J connectivity index is 1.67. The van der Waals surface area contributed by atoms with Crippen molar-refractivity contribution in [2.45, 2.75) is 4.90 Å². The number of nitrogens with zero attached hydrogens (tertiary/aromatic N) is 2. The number of amides is 1. The first-order valence-electron chi connectivity index (χ1n) is 9.76. The second-order valence-electron chi connectivity index (χ2n) is 6.70. The van der Waals surface area contributed by atoms with Crippen LogP contribution in [0.4, 0.5) is 0 Å². The summed E-state index contributed by atoms with van der Waals surface area (Å²) in [5, 5.41) is 10.1. The van der Waals surface area contributed by atoms with E-state index in [1.807, 2.05) is 18.2 Å². The maximum atomic E-state index is 12.6. The molecule has 0 unspecified atom stereocenters. The average Bonchev–Trinajstić information content (AvgIpc) is 2.83. The topological polar surface area (TPSA) is 88.9 Å². The van der Waals surface area contributed by atoms with Gasteiger partial charge in [-0.3, -0.25) is 9.59 Å². The summed E-state index contributed by atoms with van der Waals surface area (Å²) in [6.07, 6.45) is 1.49. The van der Waals surface area contributed by atoms with Gasteiger partial charge in [-0.05, 0) is 48.0 Å². The zero-order chi connectivity index (χ0) is 22.9. The van der Waals surface area contributed by atoms with Gasteiger partial charge in [-0.25, -0.2) is 0 Å². The van der Waals surface area contributed by atoms with Crippen molar-refractivity contribution in [3.05, 3.63) is 58.6 Å². The minimum Gasteiger partial charge on any atom is -0.493 e. The van der Waals surface area contributed by atoms with E-state index in [1.165, 1.54) is 24.9 Å². The Morgan fingerprint density at radius 2 is 1.91 bits per heavy atom. The molecule has 1 fully saturated rings. The van der Waals surface area contributed by atoms with E-state index in [2.05, 4.69) is 0 Å². The monoisotopic (exact) mass is 472 g/mol. The van der Waals surface area contributed by atoms with Gasteiger partial charge in [0.05, 0.1) is 26.1 Å². The number of halogens is 1. The second kappa shape index (κ2) is 11.6. The molecule has 0 N–H and O–H groups in total. The summed E-state index contributed by atoms with van der Waals surface area (Å²) in [7, 11) is 1.45. The Bertz CT molecular complexity index is 1040. The number of esters is 1. The predicted molar refractivity (Wildman–Crippen MR) is 122 cm³/mol. The lowest BCUT2D eigenvalue weighted by atomic mass is 10.1. The summed E-state index contributed by atoms with van der Waals surface area (Å²) in [5.74, 6) is -0.0978. The van der Waals surface area contributed by atoms with Gasteiger partial charge in [-0.1, -0.05) is 17.7 Å². The second-order valence-corrected chi connectivity index (χ2v) is 8.19. The first-order valence-corrected chi connectivity index (χ1v) is 11.1. The van der Waals surface area contributed by atoms with Gasteiger partial charge in [-0.2, -0.15) is 5.26 Å². The summed E-state index contributed by atoms with van der Waals surface area (Å²) < 4.78 is 16.0. The fourth-order valence-corrected chi connectivity index (χ4v) is 3.73. The van der Waals surface area contributed by atoms with Crippen molar-refractivity contribution in [1.29, 1.82) is 5.26 Å². The van der Waals surface area contributed by atoms with Crippen LogP contribution in [0.3, 0.4) is 0 Å². The van der Waals surface area contributed by atoms with Crippen molar-refractivity contribution >= 4 is 41.3 Å². The average molecular weight is 473 g/mol. The predicted octanol–water partition coefficient (Wildman–Crippen LogP) is 3.81. The third-order valence-corrected chi connectivity index (χ3v) is 5.78. The Kier molecular flexibility index (Phi) is 8.56. The normalized spacial score (nSPS) is 13.9. The molecule has 166 valence electrons. The number of hydrogen-bond donors (Lipinski definition) is 0. The number of rotatable bonds is 7. The number of nitriles is 1. The Hall–Kier alpha value is -2.99. The number of thioether (sulfide) groups is 1. The molecule has 1 saturated heterocycles. The lowest BCUT2D eigenvalue weighted by molar-refractivity contribution is -0.131. The largest absolute Gasteiger partial charge is 0.493 e. The zero-order valence-electron chi connectivity index (χ0n) is 17.4. The van der Waals surface area contributed by atoms with Crippen LogP contribution < -0.4 is 9.47 Å². The van der Waals surface area contributed by atoms with Crippen LogP contribution in [0.15, 0.2) is 52.9 Å². The van der Waals surface area contributed by atoms with E-state index in [0.29, 0.717) is 42.6 Å². The molecule has 0 spiro atoms. The van der Waals surface area contributed by atoms with Gasteiger partial charge in [0.2, 0.25) is 0 Å². The van der Waals surface area contributed by atoms with E-state index in [9.17, 15) is 14.9 Å². The summed E-state index contributed by atoms with van der Waals surface area (Å²) in [6, 6.07) is 14.0. The van der Waals surface area contributed by atoms with Gasteiger partial charge in [0.25, 0.3) is 5.91 Å². The third-order valence-electron chi connectivity index (χ3n) is 4.54. The number of ether oxygens (including phenoxy) is 3. The molecule has 0 radical (unpaired) electrons. The number of benzene rings is 2. The SMILES string of the molecule is COc1cc(/C=C(\C#N)C(=O)N2CCOCC2)ccc1OC(=O)CSc1ccc(Cl)cc1. The molecule has 0 aliphatic carbocycles. The van der Waals surface area contributed by atoms with Gasteiger partial charge in [0.1, 0.15) is 11.6 Å². The van der Waals surface area contributed by atoms with Gasteiger partial charge >= 0.3 is 5.97 Å². The van der Waals surface area contributed by atoms with Crippen LogP contribution in [-0.2, 0) is 14.3 Å². The first-order chi connectivity index (χ1) is 15.5. The highest BCUT2D eigenvalue weighted by molar-refractivity contribution is 8.00. The van der Waals surface area contributed by atoms with Crippen LogP contribution in [0.2, 0.25) is 5.02 Å². The first kappa shape index (κ1) is 23.7. The Morgan fingerprint density at radius 1 is 1.19 bits per heavy atom. The number of carbonyl (C=O) groups excluding carboxylic acids is 2. The van der Waals surface area contributed by atoms with Crippen LogP contribution in [0.1, 0.15) is 5.56 Å². The molecule has 7 nitrogen and oxygen atoms in total. The highest BCUT2D eigenvalue weighted by atomic mass is 35.5. The van der Waals surface area contributed by atoms with Crippen molar-refractivity contribution < 1.29 is 23.8 Å². The van der Waals surface area contributed by atoms with E-state index < -0.39 is 5.97 Å². The Morgan fingerprint density at radius 3 is 2.56 bits per heavy atom. The molecular formula is C23H21ClN2O5S. The molecule has 0 aromatic heterocycles. The van der Waals surface area contributed by atoms with E-state index in [4.69, 9.17) is 25.8 Å². The van der Waals surface area contributed by atoms with E-state index in [0.717, 1.165) is 4.90 Å². The number of methoxy groups -OCH3 is 1. The molecule has 32 heavy (non-hydrogen) atoms. The van der Waals surface area contributed by atoms with E-state index in [-0.39, 0.29) is 23.0 Å². The molecule has 1 aliphatic heterocycles. The molecule has 2 aromatic carbocycles. The molecular weight excluding hydrogens is 452 g/mol. The molecule has 0 bridgehead atoms. The third kappa shape index (κ3) is 6.50. The highest BCUT2D eigenvalue weighted by Gasteiger charge is 2.21.